The third-order valence-corrected chi connectivity index (χ3v) is 3.52. The van der Waals surface area contributed by atoms with Gasteiger partial charge in [0.15, 0.2) is 0 Å². The van der Waals surface area contributed by atoms with Gasteiger partial charge in [-0.1, -0.05) is 30.3 Å². The molecule has 9 nitrogen and oxygen atoms in total. The number of benzene rings is 1. The maximum Gasteiger partial charge on any atom is 0.335 e. The molecule has 0 atom stereocenters. The summed E-state index contributed by atoms with van der Waals surface area (Å²) in [5, 5.41) is 4.90. The lowest BCUT2D eigenvalue weighted by atomic mass is 10.2. The maximum absolute atomic E-state index is 12.3. The van der Waals surface area contributed by atoms with E-state index in [0.717, 1.165) is 4.90 Å². The fourth-order valence-electron chi connectivity index (χ4n) is 2.35. The zero-order valence-corrected chi connectivity index (χ0v) is 14.5. The van der Waals surface area contributed by atoms with E-state index in [0.29, 0.717) is 10.5 Å². The predicted molar refractivity (Wildman–Crippen MR) is 90.4 cm³/mol. The summed E-state index contributed by atoms with van der Waals surface area (Å²) in [7, 11) is 0. The van der Waals surface area contributed by atoms with Gasteiger partial charge in [0.1, 0.15) is 6.54 Å². The van der Waals surface area contributed by atoms with Gasteiger partial charge in [-0.15, -0.1) is 0 Å². The van der Waals surface area contributed by atoms with Gasteiger partial charge in [0.25, 0.3) is 0 Å². The molecule has 2 rings (SSSR count). The fraction of sp³-hybridized carbons (Fsp3) is 0.353. The summed E-state index contributed by atoms with van der Waals surface area (Å²) < 4.78 is 0. The van der Waals surface area contributed by atoms with Crippen LogP contribution in [0, 0.1) is 0 Å². The Labute approximate surface area is 150 Å². The smallest absolute Gasteiger partial charge is 0.335 e. The van der Waals surface area contributed by atoms with Gasteiger partial charge in [-0.25, -0.2) is 9.69 Å². The third kappa shape index (κ3) is 4.65. The first kappa shape index (κ1) is 19.1. The van der Waals surface area contributed by atoms with E-state index in [1.54, 1.807) is 44.2 Å². The molecule has 1 heterocycles. The topological polar surface area (TPSA) is 116 Å². The molecule has 26 heavy (non-hydrogen) atoms. The quantitative estimate of drug-likeness (QED) is 0.508. The molecule has 0 spiro atoms. The van der Waals surface area contributed by atoms with Crippen molar-refractivity contribution in [3.63, 3.8) is 0 Å². The molecule has 0 saturated carbocycles. The largest absolute Gasteiger partial charge is 0.352 e. The Hall–Kier alpha value is -3.23. The minimum Gasteiger partial charge on any atom is -0.352 e. The molecule has 1 aliphatic rings. The second-order valence-corrected chi connectivity index (χ2v) is 6.05. The van der Waals surface area contributed by atoms with E-state index in [9.17, 15) is 24.0 Å². The summed E-state index contributed by atoms with van der Waals surface area (Å²) in [6.45, 7) is 2.58. The Balaban J connectivity index is 1.94. The minimum atomic E-state index is -1.06. The Morgan fingerprint density at radius 3 is 2.19 bits per heavy atom. The van der Waals surface area contributed by atoms with E-state index in [1.807, 2.05) is 0 Å². The number of nitrogens with zero attached hydrogens (tertiary/aromatic N) is 2. The van der Waals surface area contributed by atoms with Crippen molar-refractivity contribution < 1.29 is 24.0 Å². The standard InChI is InChI=1S/C17H20N4O5/c1-11(2)19-13(22)8-18-14(23)10-21-16(25)15(24)20(17(21)26)9-12-6-4-3-5-7-12/h3-7,11H,8-10H2,1-2H3,(H,18,23)(H,19,22). The molecule has 1 saturated heterocycles. The summed E-state index contributed by atoms with van der Waals surface area (Å²) in [6.07, 6.45) is 0. The van der Waals surface area contributed by atoms with Gasteiger partial charge < -0.3 is 10.6 Å². The van der Waals surface area contributed by atoms with Gasteiger partial charge in [0.05, 0.1) is 13.1 Å². The van der Waals surface area contributed by atoms with E-state index in [2.05, 4.69) is 10.6 Å². The van der Waals surface area contributed by atoms with Crippen molar-refractivity contribution in [2.45, 2.75) is 26.4 Å². The van der Waals surface area contributed by atoms with Gasteiger partial charge >= 0.3 is 17.8 Å². The van der Waals surface area contributed by atoms with Gasteiger partial charge in [-0.3, -0.25) is 24.1 Å². The van der Waals surface area contributed by atoms with Crippen LogP contribution in [-0.4, -0.2) is 58.6 Å². The van der Waals surface area contributed by atoms with E-state index >= 15 is 0 Å². The molecule has 1 aromatic carbocycles. The van der Waals surface area contributed by atoms with Crippen molar-refractivity contribution in [3.05, 3.63) is 35.9 Å². The first-order chi connectivity index (χ1) is 12.3. The second-order valence-electron chi connectivity index (χ2n) is 6.05. The maximum atomic E-state index is 12.3. The number of nitrogens with one attached hydrogen (secondary N) is 2. The number of carbonyl (C=O) groups is 5. The SMILES string of the molecule is CC(C)NC(=O)CNC(=O)CN1C(=O)C(=O)N(Cc2ccccc2)C1=O. The number of rotatable bonds is 7. The molecule has 1 aromatic rings. The lowest BCUT2D eigenvalue weighted by Gasteiger charge is -2.15. The van der Waals surface area contributed by atoms with Crippen LogP contribution in [0.4, 0.5) is 4.79 Å². The van der Waals surface area contributed by atoms with Gasteiger partial charge in [0.2, 0.25) is 11.8 Å². The lowest BCUT2D eigenvalue weighted by Crippen LogP contribution is -2.45. The highest BCUT2D eigenvalue weighted by Crippen LogP contribution is 2.15. The van der Waals surface area contributed by atoms with Crippen LogP contribution in [0.5, 0.6) is 0 Å². The van der Waals surface area contributed by atoms with E-state index in [-0.39, 0.29) is 19.1 Å². The molecule has 0 bridgehead atoms. The number of hydrogen-bond acceptors (Lipinski definition) is 5. The third-order valence-electron chi connectivity index (χ3n) is 3.52. The molecule has 9 heteroatoms. The molecule has 0 aromatic heterocycles. The first-order valence-electron chi connectivity index (χ1n) is 8.07. The molecule has 1 aliphatic heterocycles. The number of urea groups is 1. The van der Waals surface area contributed by atoms with Crippen LogP contribution >= 0.6 is 0 Å². The Bertz CT molecular complexity index is 732. The van der Waals surface area contributed by atoms with Crippen LogP contribution in [0.2, 0.25) is 0 Å². The normalized spacial score (nSPS) is 14.2. The van der Waals surface area contributed by atoms with E-state index in [1.165, 1.54) is 0 Å². The minimum absolute atomic E-state index is 0.0564. The van der Waals surface area contributed by atoms with Crippen LogP contribution in [-0.2, 0) is 25.7 Å². The van der Waals surface area contributed by atoms with Crippen LogP contribution in [0.1, 0.15) is 19.4 Å². The van der Waals surface area contributed by atoms with Crippen molar-refractivity contribution >= 4 is 29.7 Å². The van der Waals surface area contributed by atoms with Crippen molar-refractivity contribution in [1.29, 1.82) is 0 Å². The summed E-state index contributed by atoms with van der Waals surface area (Å²) in [5.41, 5.74) is 0.679. The number of imide groups is 2. The summed E-state index contributed by atoms with van der Waals surface area (Å²) in [5.74, 6) is -3.15. The lowest BCUT2D eigenvalue weighted by molar-refractivity contribution is -0.144. The van der Waals surface area contributed by atoms with Crippen molar-refractivity contribution in [2.24, 2.45) is 0 Å². The second kappa shape index (κ2) is 8.24. The molecular weight excluding hydrogens is 340 g/mol. The molecule has 138 valence electrons. The van der Waals surface area contributed by atoms with Crippen molar-refractivity contribution in [3.8, 4) is 0 Å². The Morgan fingerprint density at radius 2 is 1.58 bits per heavy atom. The molecule has 6 amide bonds. The molecule has 0 aliphatic carbocycles. The summed E-state index contributed by atoms with van der Waals surface area (Å²) in [4.78, 5) is 61.0. The monoisotopic (exact) mass is 360 g/mol. The van der Waals surface area contributed by atoms with Gasteiger partial charge in [-0.2, -0.15) is 0 Å². The van der Waals surface area contributed by atoms with Gasteiger partial charge in [-0.05, 0) is 19.4 Å². The van der Waals surface area contributed by atoms with Crippen molar-refractivity contribution in [1.82, 2.24) is 20.4 Å². The number of carbonyl (C=O) groups excluding carboxylic acids is 5. The molecule has 0 radical (unpaired) electrons. The van der Waals surface area contributed by atoms with E-state index in [4.69, 9.17) is 0 Å². The zero-order chi connectivity index (χ0) is 19.3. The Morgan fingerprint density at radius 1 is 0.962 bits per heavy atom. The van der Waals surface area contributed by atoms with E-state index < -0.39 is 36.2 Å². The summed E-state index contributed by atoms with van der Waals surface area (Å²) >= 11 is 0. The highest BCUT2D eigenvalue weighted by atomic mass is 16.2. The van der Waals surface area contributed by atoms with Crippen LogP contribution in [0.3, 0.4) is 0 Å². The van der Waals surface area contributed by atoms with Crippen molar-refractivity contribution in [2.75, 3.05) is 13.1 Å². The average molecular weight is 360 g/mol. The highest BCUT2D eigenvalue weighted by Gasteiger charge is 2.45. The fourth-order valence-corrected chi connectivity index (χ4v) is 2.35. The van der Waals surface area contributed by atoms with Gasteiger partial charge in [0, 0.05) is 6.04 Å². The predicted octanol–water partition coefficient (Wildman–Crippen LogP) is -0.382. The molecule has 2 N–H and O–H groups in total. The number of amides is 6. The van der Waals surface area contributed by atoms with Crippen LogP contribution in [0.25, 0.3) is 0 Å². The summed E-state index contributed by atoms with van der Waals surface area (Å²) in [6, 6.07) is 7.78. The zero-order valence-electron chi connectivity index (χ0n) is 14.5. The highest BCUT2D eigenvalue weighted by molar-refractivity contribution is 6.44. The average Bonchev–Trinajstić information content (AvgIpc) is 2.78. The van der Waals surface area contributed by atoms with Crippen LogP contribution < -0.4 is 10.6 Å². The first-order valence-corrected chi connectivity index (χ1v) is 8.07. The molecular formula is C17H20N4O5. The number of hydrogen-bond donors (Lipinski definition) is 2. The molecule has 1 fully saturated rings. The Kier molecular flexibility index (Phi) is 6.05. The van der Waals surface area contributed by atoms with Crippen LogP contribution in [0.15, 0.2) is 30.3 Å². The molecule has 0 unspecified atom stereocenters.